The molecule has 8 heteroatoms. The molecule has 0 aliphatic carbocycles. The molecule has 122 valence electrons. The predicted octanol–water partition coefficient (Wildman–Crippen LogP) is 0.947. The Morgan fingerprint density at radius 2 is 2.18 bits per heavy atom. The van der Waals surface area contributed by atoms with Crippen LogP contribution in [-0.4, -0.2) is 40.3 Å². The third-order valence-corrected chi connectivity index (χ3v) is 4.28. The molecule has 1 heterocycles. The van der Waals surface area contributed by atoms with Gasteiger partial charge in [0.25, 0.3) is 0 Å². The second kappa shape index (κ2) is 7.30. The van der Waals surface area contributed by atoms with Gasteiger partial charge in [-0.15, -0.1) is 0 Å². The van der Waals surface area contributed by atoms with Crippen molar-refractivity contribution >= 4 is 27.5 Å². The number of fused-ring (bicyclic) bond motifs is 1. The summed E-state index contributed by atoms with van der Waals surface area (Å²) in [5, 5.41) is 3.42. The number of sulfonamides is 1. The van der Waals surface area contributed by atoms with Crippen LogP contribution in [0.2, 0.25) is 5.02 Å². The first-order valence-corrected chi connectivity index (χ1v) is 9.25. The van der Waals surface area contributed by atoms with Crippen LogP contribution in [0.1, 0.15) is 12.0 Å². The highest BCUT2D eigenvalue weighted by molar-refractivity contribution is 7.88. The summed E-state index contributed by atoms with van der Waals surface area (Å²) in [5.41, 5.74) is 0.928. The van der Waals surface area contributed by atoms with E-state index in [1.165, 1.54) is 0 Å². The van der Waals surface area contributed by atoms with Gasteiger partial charge in [0.2, 0.25) is 15.9 Å². The van der Waals surface area contributed by atoms with Gasteiger partial charge in [-0.1, -0.05) is 11.6 Å². The maximum Gasteiger partial charge on any atom is 0.226 e. The van der Waals surface area contributed by atoms with Crippen molar-refractivity contribution in [3.05, 3.63) is 28.8 Å². The Morgan fingerprint density at radius 3 is 2.91 bits per heavy atom. The van der Waals surface area contributed by atoms with Crippen molar-refractivity contribution in [1.82, 2.24) is 10.0 Å². The fourth-order valence-electron chi connectivity index (χ4n) is 2.23. The van der Waals surface area contributed by atoms with Gasteiger partial charge in [0.15, 0.2) is 0 Å². The van der Waals surface area contributed by atoms with E-state index in [-0.39, 0.29) is 11.8 Å². The number of carbonyl (C=O) groups excluding carboxylic acids is 1. The van der Waals surface area contributed by atoms with Gasteiger partial charge in [-0.25, -0.2) is 13.1 Å². The minimum Gasteiger partial charge on any atom is -0.492 e. The van der Waals surface area contributed by atoms with Crippen molar-refractivity contribution in [3.8, 4) is 5.75 Å². The van der Waals surface area contributed by atoms with E-state index in [1.807, 2.05) is 12.1 Å². The van der Waals surface area contributed by atoms with Crippen molar-refractivity contribution in [2.75, 3.05) is 26.0 Å². The van der Waals surface area contributed by atoms with Crippen molar-refractivity contribution in [3.63, 3.8) is 0 Å². The Kier molecular flexibility index (Phi) is 5.66. The lowest BCUT2D eigenvalue weighted by atomic mass is 9.96. The second-order valence-electron chi connectivity index (χ2n) is 5.28. The molecule has 0 bridgehead atoms. The molecule has 1 unspecified atom stereocenters. The molecule has 22 heavy (non-hydrogen) atoms. The van der Waals surface area contributed by atoms with Crippen LogP contribution in [-0.2, 0) is 21.2 Å². The summed E-state index contributed by atoms with van der Waals surface area (Å²) in [6.45, 7) is 1.06. The van der Waals surface area contributed by atoms with E-state index < -0.39 is 10.0 Å². The van der Waals surface area contributed by atoms with Gasteiger partial charge >= 0.3 is 0 Å². The number of benzene rings is 1. The Balaban J connectivity index is 1.77. The molecule has 1 aliphatic rings. The molecule has 2 rings (SSSR count). The summed E-state index contributed by atoms with van der Waals surface area (Å²) in [7, 11) is -3.18. The molecular formula is C14H19ClN2O4S. The van der Waals surface area contributed by atoms with Gasteiger partial charge in [0, 0.05) is 18.1 Å². The maximum absolute atomic E-state index is 12.1. The van der Waals surface area contributed by atoms with Crippen molar-refractivity contribution in [1.29, 1.82) is 0 Å². The zero-order valence-electron chi connectivity index (χ0n) is 12.3. The summed E-state index contributed by atoms with van der Waals surface area (Å²) in [5.74, 6) is 0.421. The lowest BCUT2D eigenvalue weighted by Gasteiger charge is -2.24. The zero-order valence-corrected chi connectivity index (χ0v) is 13.8. The Morgan fingerprint density at radius 1 is 1.41 bits per heavy atom. The summed E-state index contributed by atoms with van der Waals surface area (Å²) in [6.07, 6.45) is 2.23. The van der Waals surface area contributed by atoms with Crippen LogP contribution in [0.4, 0.5) is 0 Å². The fraction of sp³-hybridized carbons (Fsp3) is 0.500. The summed E-state index contributed by atoms with van der Waals surface area (Å²) < 4.78 is 29.7. The molecule has 0 saturated heterocycles. The highest BCUT2D eigenvalue weighted by atomic mass is 35.5. The highest BCUT2D eigenvalue weighted by Gasteiger charge is 2.25. The number of halogens is 1. The number of hydrogen-bond donors (Lipinski definition) is 2. The standard InChI is InChI=1S/C14H19ClN2O4S/c1-22(19,20)17-6-2-5-16-14(18)11-7-10-8-12(15)3-4-13(10)21-9-11/h3-4,8,11,17H,2,5-7,9H2,1H3,(H,16,18). The van der Waals surface area contributed by atoms with E-state index in [1.54, 1.807) is 6.07 Å². The number of carbonyl (C=O) groups is 1. The highest BCUT2D eigenvalue weighted by Crippen LogP contribution is 2.29. The van der Waals surface area contributed by atoms with Gasteiger partial charge in [-0.05, 0) is 36.6 Å². The molecule has 0 fully saturated rings. The lowest BCUT2D eigenvalue weighted by Crippen LogP contribution is -2.38. The number of ether oxygens (including phenoxy) is 1. The molecule has 0 aromatic heterocycles. The second-order valence-corrected chi connectivity index (χ2v) is 7.54. The maximum atomic E-state index is 12.1. The first-order chi connectivity index (χ1) is 10.3. The zero-order chi connectivity index (χ0) is 16.2. The molecule has 0 radical (unpaired) electrons. The number of amides is 1. The fourth-order valence-corrected chi connectivity index (χ4v) is 2.94. The minimum atomic E-state index is -3.18. The molecular weight excluding hydrogens is 328 g/mol. The third-order valence-electron chi connectivity index (χ3n) is 3.32. The van der Waals surface area contributed by atoms with E-state index >= 15 is 0 Å². The van der Waals surface area contributed by atoms with E-state index in [4.69, 9.17) is 16.3 Å². The smallest absolute Gasteiger partial charge is 0.226 e. The molecule has 0 spiro atoms. The van der Waals surface area contributed by atoms with Crippen LogP contribution in [0.25, 0.3) is 0 Å². The normalized spacial score (nSPS) is 17.5. The average Bonchev–Trinajstić information content (AvgIpc) is 2.44. The predicted molar refractivity (Wildman–Crippen MR) is 84.6 cm³/mol. The SMILES string of the molecule is CS(=O)(=O)NCCCNC(=O)C1COc2ccc(Cl)cc2C1. The molecule has 1 aromatic rings. The molecule has 0 saturated carbocycles. The third kappa shape index (κ3) is 5.15. The van der Waals surface area contributed by atoms with Crippen LogP contribution >= 0.6 is 11.6 Å². The summed E-state index contributed by atoms with van der Waals surface area (Å²) >= 11 is 5.95. The molecule has 2 N–H and O–H groups in total. The van der Waals surface area contributed by atoms with Crippen LogP contribution in [0.15, 0.2) is 18.2 Å². The van der Waals surface area contributed by atoms with Gasteiger partial charge < -0.3 is 10.1 Å². The van der Waals surface area contributed by atoms with Crippen LogP contribution in [0.3, 0.4) is 0 Å². The van der Waals surface area contributed by atoms with Crippen LogP contribution < -0.4 is 14.8 Å². The Bertz CT molecular complexity index is 648. The molecule has 1 amide bonds. The molecule has 1 atom stereocenters. The Hall–Kier alpha value is -1.31. The topological polar surface area (TPSA) is 84.5 Å². The lowest BCUT2D eigenvalue weighted by molar-refractivity contribution is -0.126. The van der Waals surface area contributed by atoms with Gasteiger partial charge in [0.05, 0.1) is 12.2 Å². The van der Waals surface area contributed by atoms with Gasteiger partial charge in [-0.3, -0.25) is 4.79 Å². The van der Waals surface area contributed by atoms with Crippen LogP contribution in [0.5, 0.6) is 5.75 Å². The number of rotatable bonds is 6. The van der Waals surface area contributed by atoms with Crippen molar-refractivity contribution in [2.24, 2.45) is 5.92 Å². The first kappa shape index (κ1) is 17.1. The molecule has 6 nitrogen and oxygen atoms in total. The van der Waals surface area contributed by atoms with Gasteiger partial charge in [-0.2, -0.15) is 0 Å². The van der Waals surface area contributed by atoms with Crippen LogP contribution in [0, 0.1) is 5.92 Å². The molecule has 1 aromatic carbocycles. The van der Waals surface area contributed by atoms with E-state index in [2.05, 4.69) is 10.0 Å². The summed E-state index contributed by atoms with van der Waals surface area (Å²) in [4.78, 5) is 12.1. The van der Waals surface area contributed by atoms with Gasteiger partial charge in [0.1, 0.15) is 12.4 Å². The number of nitrogens with one attached hydrogen (secondary N) is 2. The quantitative estimate of drug-likeness (QED) is 0.751. The Labute approximate surface area is 135 Å². The monoisotopic (exact) mass is 346 g/mol. The largest absolute Gasteiger partial charge is 0.492 e. The van der Waals surface area contributed by atoms with Crippen molar-refractivity contribution in [2.45, 2.75) is 12.8 Å². The first-order valence-electron chi connectivity index (χ1n) is 6.99. The van der Waals surface area contributed by atoms with E-state index in [0.717, 1.165) is 17.6 Å². The van der Waals surface area contributed by atoms with E-state index in [9.17, 15) is 13.2 Å². The summed E-state index contributed by atoms with van der Waals surface area (Å²) in [6, 6.07) is 5.38. The minimum absolute atomic E-state index is 0.0926. The molecule has 1 aliphatic heterocycles. The number of hydrogen-bond acceptors (Lipinski definition) is 4. The average molecular weight is 347 g/mol. The van der Waals surface area contributed by atoms with E-state index in [0.29, 0.717) is 37.6 Å². The van der Waals surface area contributed by atoms with Crippen molar-refractivity contribution < 1.29 is 17.9 Å².